The van der Waals surface area contributed by atoms with Gasteiger partial charge in [0.05, 0.1) is 18.1 Å². The second-order valence-corrected chi connectivity index (χ2v) is 7.76. The van der Waals surface area contributed by atoms with E-state index in [0.29, 0.717) is 0 Å². The molecule has 138 valence electrons. The van der Waals surface area contributed by atoms with Crippen molar-refractivity contribution in [2.24, 2.45) is 0 Å². The Hall–Kier alpha value is -2.24. The Balaban J connectivity index is 1.47. The van der Waals surface area contributed by atoms with Gasteiger partial charge in [-0.1, -0.05) is 29.8 Å². The normalized spacial score (nSPS) is 14.4. The van der Waals surface area contributed by atoms with Gasteiger partial charge >= 0.3 is 0 Å². The number of rotatable bonds is 4. The highest BCUT2D eigenvalue weighted by Crippen LogP contribution is 2.25. The van der Waals surface area contributed by atoms with Gasteiger partial charge in [0.15, 0.2) is 0 Å². The van der Waals surface area contributed by atoms with Gasteiger partial charge < -0.3 is 9.80 Å². The summed E-state index contributed by atoms with van der Waals surface area (Å²) in [6.45, 7) is 3.70. The van der Waals surface area contributed by atoms with Gasteiger partial charge in [0.2, 0.25) is 0 Å². The topological polar surface area (TPSA) is 32.3 Å². The van der Waals surface area contributed by atoms with E-state index in [1.807, 2.05) is 30.6 Å². The number of hydrogen-bond donors (Lipinski definition) is 0. The first-order valence-electron chi connectivity index (χ1n) is 8.95. The number of halogens is 1. The van der Waals surface area contributed by atoms with Gasteiger partial charge in [-0.15, -0.1) is 11.8 Å². The van der Waals surface area contributed by atoms with Crippen LogP contribution in [0.15, 0.2) is 65.8 Å². The molecule has 1 saturated heterocycles. The average Bonchev–Trinajstić information content (AvgIpc) is 2.74. The molecule has 6 heteroatoms. The van der Waals surface area contributed by atoms with Gasteiger partial charge in [0.25, 0.3) is 0 Å². The Morgan fingerprint density at radius 3 is 2.37 bits per heavy atom. The van der Waals surface area contributed by atoms with Crippen LogP contribution in [0.4, 0.5) is 11.5 Å². The highest BCUT2D eigenvalue weighted by atomic mass is 35.5. The lowest BCUT2D eigenvalue weighted by atomic mass is 10.1. The first kappa shape index (κ1) is 18.1. The lowest BCUT2D eigenvalue weighted by molar-refractivity contribution is 0.646. The minimum atomic E-state index is 0.779. The van der Waals surface area contributed by atoms with Crippen LogP contribution in [-0.4, -0.2) is 42.4 Å². The van der Waals surface area contributed by atoms with E-state index >= 15 is 0 Å². The molecule has 27 heavy (non-hydrogen) atoms. The summed E-state index contributed by atoms with van der Waals surface area (Å²) >= 11 is 7.87. The third-order valence-electron chi connectivity index (χ3n) is 4.78. The predicted molar refractivity (Wildman–Crippen MR) is 115 cm³/mol. The minimum absolute atomic E-state index is 0.779. The molecule has 4 rings (SSSR count). The summed E-state index contributed by atoms with van der Waals surface area (Å²) in [4.78, 5) is 15.2. The summed E-state index contributed by atoms with van der Waals surface area (Å²) in [5.74, 6) is 0.937. The van der Waals surface area contributed by atoms with Crippen LogP contribution in [0, 0.1) is 0 Å². The Labute approximate surface area is 169 Å². The van der Waals surface area contributed by atoms with Crippen molar-refractivity contribution in [2.75, 3.05) is 42.2 Å². The monoisotopic (exact) mass is 396 g/mol. The maximum Gasteiger partial charge on any atom is 0.147 e. The zero-order valence-electron chi connectivity index (χ0n) is 15.2. The maximum atomic E-state index is 6.13. The number of hydrogen-bond acceptors (Lipinski definition) is 5. The van der Waals surface area contributed by atoms with Crippen LogP contribution in [0.5, 0.6) is 0 Å². The van der Waals surface area contributed by atoms with Crippen molar-refractivity contribution >= 4 is 34.9 Å². The highest BCUT2D eigenvalue weighted by Gasteiger charge is 2.19. The van der Waals surface area contributed by atoms with E-state index in [-0.39, 0.29) is 0 Å². The lowest BCUT2D eigenvalue weighted by Crippen LogP contribution is -2.46. The molecular weight excluding hydrogens is 376 g/mol. The van der Waals surface area contributed by atoms with Gasteiger partial charge in [0.1, 0.15) is 5.82 Å². The van der Waals surface area contributed by atoms with Crippen molar-refractivity contribution in [1.82, 2.24) is 9.97 Å². The smallest absolute Gasteiger partial charge is 0.147 e. The van der Waals surface area contributed by atoms with Gasteiger partial charge in [-0.25, -0.2) is 4.98 Å². The number of benzene rings is 2. The van der Waals surface area contributed by atoms with Crippen molar-refractivity contribution in [1.29, 1.82) is 0 Å². The summed E-state index contributed by atoms with van der Waals surface area (Å²) in [5, 5.41) is 0.779. The molecule has 2 heterocycles. The predicted octanol–water partition coefficient (Wildman–Crippen LogP) is 4.85. The van der Waals surface area contributed by atoms with Crippen molar-refractivity contribution in [3.63, 3.8) is 0 Å². The molecule has 0 spiro atoms. The number of thioether (sulfide) groups is 1. The third-order valence-corrected chi connectivity index (χ3v) is 5.76. The average molecular weight is 397 g/mol. The van der Waals surface area contributed by atoms with Crippen LogP contribution in [0.25, 0.3) is 11.3 Å². The second-order valence-electron chi connectivity index (χ2n) is 6.44. The van der Waals surface area contributed by atoms with E-state index in [1.165, 1.54) is 10.6 Å². The first-order valence-corrected chi connectivity index (χ1v) is 10.5. The zero-order chi connectivity index (χ0) is 18.6. The molecule has 0 saturated carbocycles. The molecule has 0 unspecified atom stereocenters. The standard InChI is InChI=1S/C21H21ClN4S/c1-27-19-7-5-16(6-8-19)20-14-23-15-21(24-20)26-11-9-25(10-12-26)18-4-2-3-17(22)13-18/h2-8,13-15H,9-12H2,1H3. The molecule has 1 fully saturated rings. The largest absolute Gasteiger partial charge is 0.368 e. The van der Waals surface area contributed by atoms with E-state index in [2.05, 4.69) is 51.4 Å². The Bertz CT molecular complexity index is 908. The quantitative estimate of drug-likeness (QED) is 0.589. The van der Waals surface area contributed by atoms with Crippen LogP contribution >= 0.6 is 23.4 Å². The molecule has 0 radical (unpaired) electrons. The summed E-state index contributed by atoms with van der Waals surface area (Å²) < 4.78 is 0. The molecule has 0 bridgehead atoms. The second kappa shape index (κ2) is 8.19. The van der Waals surface area contributed by atoms with E-state index in [0.717, 1.165) is 48.3 Å². The van der Waals surface area contributed by atoms with Gasteiger partial charge in [-0.05, 0) is 36.6 Å². The molecule has 2 aromatic carbocycles. The van der Waals surface area contributed by atoms with Crippen molar-refractivity contribution < 1.29 is 0 Å². The molecule has 0 amide bonds. The van der Waals surface area contributed by atoms with Crippen LogP contribution < -0.4 is 9.80 Å². The lowest BCUT2D eigenvalue weighted by Gasteiger charge is -2.36. The van der Waals surface area contributed by atoms with Crippen LogP contribution in [0.3, 0.4) is 0 Å². The van der Waals surface area contributed by atoms with Gasteiger partial charge in [-0.2, -0.15) is 0 Å². The zero-order valence-corrected chi connectivity index (χ0v) is 16.7. The van der Waals surface area contributed by atoms with E-state index in [1.54, 1.807) is 11.8 Å². The molecule has 4 nitrogen and oxygen atoms in total. The van der Waals surface area contributed by atoms with Crippen LogP contribution in [0.2, 0.25) is 5.02 Å². The summed E-state index contributed by atoms with van der Waals surface area (Å²) in [6.07, 6.45) is 5.77. The molecule has 0 atom stereocenters. The fourth-order valence-corrected chi connectivity index (χ4v) is 3.87. The first-order chi connectivity index (χ1) is 13.2. The Morgan fingerprint density at radius 1 is 0.926 bits per heavy atom. The van der Waals surface area contributed by atoms with Crippen molar-refractivity contribution in [2.45, 2.75) is 4.90 Å². The maximum absolute atomic E-state index is 6.13. The molecule has 0 aliphatic carbocycles. The fourth-order valence-electron chi connectivity index (χ4n) is 3.28. The van der Waals surface area contributed by atoms with E-state index < -0.39 is 0 Å². The van der Waals surface area contributed by atoms with E-state index in [9.17, 15) is 0 Å². The van der Waals surface area contributed by atoms with Gasteiger partial charge in [0, 0.05) is 47.3 Å². The minimum Gasteiger partial charge on any atom is -0.368 e. The van der Waals surface area contributed by atoms with Crippen LogP contribution in [-0.2, 0) is 0 Å². The number of nitrogens with zero attached hydrogens (tertiary/aromatic N) is 4. The summed E-state index contributed by atoms with van der Waals surface area (Å²) in [6, 6.07) is 16.5. The van der Waals surface area contributed by atoms with Gasteiger partial charge in [-0.3, -0.25) is 4.98 Å². The molecule has 1 aromatic heterocycles. The van der Waals surface area contributed by atoms with Crippen LogP contribution in [0.1, 0.15) is 0 Å². The molecule has 1 aliphatic heterocycles. The van der Waals surface area contributed by atoms with Crippen molar-refractivity contribution in [3.8, 4) is 11.3 Å². The summed E-state index contributed by atoms with van der Waals surface area (Å²) in [7, 11) is 0. The Morgan fingerprint density at radius 2 is 1.67 bits per heavy atom. The summed E-state index contributed by atoms with van der Waals surface area (Å²) in [5.41, 5.74) is 3.19. The fraction of sp³-hybridized carbons (Fsp3) is 0.238. The van der Waals surface area contributed by atoms with E-state index in [4.69, 9.17) is 16.6 Å². The number of anilines is 2. The number of aromatic nitrogens is 2. The Kier molecular flexibility index (Phi) is 5.50. The van der Waals surface area contributed by atoms with Crippen molar-refractivity contribution in [3.05, 3.63) is 65.9 Å². The third kappa shape index (κ3) is 4.20. The number of piperazine rings is 1. The molecular formula is C21H21ClN4S. The molecule has 1 aliphatic rings. The highest BCUT2D eigenvalue weighted by molar-refractivity contribution is 7.98. The SMILES string of the molecule is CSc1ccc(-c2cncc(N3CCN(c4cccc(Cl)c4)CC3)n2)cc1. The molecule has 0 N–H and O–H groups in total. The molecule has 3 aromatic rings.